The molecule has 162 valence electrons. The molecule has 0 saturated heterocycles. The number of amides is 1. The molecule has 0 fully saturated rings. The zero-order valence-corrected chi connectivity index (χ0v) is 19.5. The number of nitrogens with zero attached hydrogens (tertiary/aromatic N) is 4. The molecule has 3 heterocycles. The van der Waals surface area contributed by atoms with Crippen LogP contribution in [0.2, 0.25) is 0 Å². The first-order chi connectivity index (χ1) is 15.6. The molecule has 6 nitrogen and oxygen atoms in total. The predicted molar refractivity (Wildman–Crippen MR) is 133 cm³/mol. The number of rotatable bonds is 7. The summed E-state index contributed by atoms with van der Waals surface area (Å²) in [6.07, 6.45) is 0.749. The van der Waals surface area contributed by atoms with Gasteiger partial charge in [-0.15, -0.1) is 21.5 Å². The van der Waals surface area contributed by atoms with Crippen LogP contribution in [0.1, 0.15) is 17.6 Å². The van der Waals surface area contributed by atoms with Crippen LogP contribution < -0.4 is 5.32 Å². The van der Waals surface area contributed by atoms with Crippen molar-refractivity contribution in [3.63, 3.8) is 0 Å². The van der Waals surface area contributed by atoms with Gasteiger partial charge in [0.2, 0.25) is 5.91 Å². The molecule has 8 heteroatoms. The lowest BCUT2D eigenvalue weighted by molar-refractivity contribution is -0.113. The Morgan fingerprint density at radius 2 is 1.91 bits per heavy atom. The Labute approximate surface area is 194 Å². The van der Waals surface area contributed by atoms with E-state index in [1.807, 2.05) is 23.7 Å². The minimum atomic E-state index is -0.0589. The Kier molecular flexibility index (Phi) is 5.71. The van der Waals surface area contributed by atoms with Crippen LogP contribution in [0.25, 0.3) is 21.8 Å². The number of aromatic nitrogens is 4. The van der Waals surface area contributed by atoms with E-state index in [2.05, 4.69) is 74.8 Å². The van der Waals surface area contributed by atoms with Gasteiger partial charge >= 0.3 is 0 Å². The Balaban J connectivity index is 1.28. The fraction of sp³-hybridized carbons (Fsp3) is 0.208. The summed E-state index contributed by atoms with van der Waals surface area (Å²) in [5.74, 6) is 1.12. The van der Waals surface area contributed by atoms with Crippen LogP contribution in [-0.4, -0.2) is 31.0 Å². The highest BCUT2D eigenvalue weighted by Gasteiger charge is 2.14. The minimum Gasteiger partial charge on any atom is -0.341 e. The second-order valence-corrected chi connectivity index (χ2v) is 9.52. The fourth-order valence-electron chi connectivity index (χ4n) is 3.99. The molecule has 1 N–H and O–H groups in total. The molecule has 3 aromatic heterocycles. The van der Waals surface area contributed by atoms with Crippen LogP contribution in [0.5, 0.6) is 0 Å². The summed E-state index contributed by atoms with van der Waals surface area (Å²) in [5.41, 5.74) is 3.20. The third-order valence-corrected chi connectivity index (χ3v) is 7.44. The Hall–Kier alpha value is -3.10. The minimum absolute atomic E-state index is 0.0589. The molecule has 2 aromatic carbocycles. The maximum Gasteiger partial charge on any atom is 0.234 e. The van der Waals surface area contributed by atoms with Crippen molar-refractivity contribution in [1.82, 2.24) is 19.3 Å². The van der Waals surface area contributed by atoms with Gasteiger partial charge < -0.3 is 14.5 Å². The number of carbonyl (C=O) groups is 1. The molecule has 0 saturated carbocycles. The number of nitrogens with one attached hydrogen (secondary N) is 1. The summed E-state index contributed by atoms with van der Waals surface area (Å²) >= 11 is 3.10. The maximum absolute atomic E-state index is 12.6. The van der Waals surface area contributed by atoms with Crippen molar-refractivity contribution in [2.75, 3.05) is 11.1 Å². The summed E-state index contributed by atoms with van der Waals surface area (Å²) in [6.45, 7) is 3.05. The Morgan fingerprint density at radius 3 is 2.72 bits per heavy atom. The number of carbonyl (C=O) groups excluding carboxylic acids is 1. The van der Waals surface area contributed by atoms with E-state index in [-0.39, 0.29) is 11.7 Å². The number of thioether (sulfide) groups is 1. The van der Waals surface area contributed by atoms with E-state index in [4.69, 9.17) is 0 Å². The number of benzene rings is 2. The van der Waals surface area contributed by atoms with Crippen LogP contribution in [0.4, 0.5) is 5.69 Å². The molecule has 5 rings (SSSR count). The third-order valence-electron chi connectivity index (χ3n) is 5.54. The first-order valence-electron chi connectivity index (χ1n) is 10.5. The molecule has 0 bridgehead atoms. The van der Waals surface area contributed by atoms with Gasteiger partial charge in [0.1, 0.15) is 5.82 Å². The largest absolute Gasteiger partial charge is 0.341 e. The average Bonchev–Trinajstić information content (AvgIpc) is 3.51. The van der Waals surface area contributed by atoms with Gasteiger partial charge in [-0.25, -0.2) is 0 Å². The Morgan fingerprint density at radius 1 is 1.06 bits per heavy atom. The standard InChI is InChI=1S/C24H23N5OS2/c1-3-29-20-9-5-4-8-18(20)19-13-16(10-11-21(19)29)25-23(30)15-32-24-27-26-22(28(24)2)14-17-7-6-12-31-17/h4-13H,3,14-15H2,1-2H3,(H,25,30). The second-order valence-electron chi connectivity index (χ2n) is 7.54. The van der Waals surface area contributed by atoms with Crippen molar-refractivity contribution in [3.05, 3.63) is 70.7 Å². The number of hydrogen-bond acceptors (Lipinski definition) is 5. The quantitative estimate of drug-likeness (QED) is 0.333. The molecule has 1 amide bonds. The van der Waals surface area contributed by atoms with E-state index in [0.29, 0.717) is 0 Å². The van der Waals surface area contributed by atoms with Crippen molar-refractivity contribution in [2.45, 2.75) is 25.0 Å². The van der Waals surface area contributed by atoms with Gasteiger partial charge in [0.05, 0.1) is 5.75 Å². The van der Waals surface area contributed by atoms with Crippen molar-refractivity contribution >= 4 is 56.5 Å². The number of fused-ring (bicyclic) bond motifs is 3. The summed E-state index contributed by atoms with van der Waals surface area (Å²) in [4.78, 5) is 13.9. The average molecular weight is 462 g/mol. The number of thiophene rings is 1. The second kappa shape index (κ2) is 8.80. The molecule has 0 spiro atoms. The van der Waals surface area contributed by atoms with Crippen molar-refractivity contribution < 1.29 is 4.79 Å². The van der Waals surface area contributed by atoms with Gasteiger partial charge in [0, 0.05) is 52.4 Å². The van der Waals surface area contributed by atoms with Gasteiger partial charge in [-0.2, -0.15) is 0 Å². The van der Waals surface area contributed by atoms with E-state index in [1.54, 1.807) is 11.3 Å². The molecular formula is C24H23N5OS2. The van der Waals surface area contributed by atoms with E-state index in [0.717, 1.165) is 35.0 Å². The summed E-state index contributed by atoms with van der Waals surface area (Å²) in [7, 11) is 1.95. The van der Waals surface area contributed by atoms with Crippen molar-refractivity contribution in [3.8, 4) is 0 Å². The summed E-state index contributed by atoms with van der Waals surface area (Å²) in [6, 6.07) is 18.6. The van der Waals surface area contributed by atoms with E-state index < -0.39 is 0 Å². The zero-order valence-electron chi connectivity index (χ0n) is 17.9. The summed E-state index contributed by atoms with van der Waals surface area (Å²) in [5, 5.41) is 16.7. The van der Waals surface area contributed by atoms with Crippen LogP contribution in [0, 0.1) is 0 Å². The van der Waals surface area contributed by atoms with E-state index in [9.17, 15) is 4.79 Å². The summed E-state index contributed by atoms with van der Waals surface area (Å²) < 4.78 is 4.26. The van der Waals surface area contributed by atoms with Crippen LogP contribution in [0.15, 0.2) is 65.1 Å². The number of aryl methyl sites for hydroxylation is 1. The molecule has 0 aliphatic heterocycles. The van der Waals surface area contributed by atoms with Crippen molar-refractivity contribution in [1.29, 1.82) is 0 Å². The fourth-order valence-corrected chi connectivity index (χ4v) is 5.42. The van der Waals surface area contributed by atoms with E-state index in [1.165, 1.54) is 33.1 Å². The topological polar surface area (TPSA) is 64.7 Å². The number of anilines is 1. The van der Waals surface area contributed by atoms with Gasteiger partial charge in [0.25, 0.3) is 0 Å². The molecule has 0 atom stereocenters. The zero-order chi connectivity index (χ0) is 22.1. The monoisotopic (exact) mass is 461 g/mol. The van der Waals surface area contributed by atoms with Gasteiger partial charge in [0.15, 0.2) is 5.16 Å². The van der Waals surface area contributed by atoms with E-state index >= 15 is 0 Å². The molecule has 0 radical (unpaired) electrons. The normalized spacial score (nSPS) is 11.4. The number of para-hydroxylation sites is 1. The van der Waals surface area contributed by atoms with Gasteiger partial charge in [-0.3, -0.25) is 4.79 Å². The molecule has 0 aliphatic carbocycles. The molecular weight excluding hydrogens is 438 g/mol. The first kappa shape index (κ1) is 20.8. The van der Waals surface area contributed by atoms with Crippen LogP contribution >= 0.6 is 23.1 Å². The Bertz CT molecular complexity index is 1400. The first-order valence-corrected chi connectivity index (χ1v) is 12.3. The lowest BCUT2D eigenvalue weighted by Gasteiger charge is -2.07. The lowest BCUT2D eigenvalue weighted by Crippen LogP contribution is -2.14. The van der Waals surface area contributed by atoms with Crippen LogP contribution in [-0.2, 0) is 24.8 Å². The van der Waals surface area contributed by atoms with Crippen molar-refractivity contribution in [2.24, 2.45) is 7.05 Å². The SMILES string of the molecule is CCn1c2ccccc2c2cc(NC(=O)CSc3nnc(Cc4cccs4)n3C)ccc21. The molecule has 5 aromatic rings. The molecule has 32 heavy (non-hydrogen) atoms. The van der Waals surface area contributed by atoms with Crippen LogP contribution in [0.3, 0.4) is 0 Å². The molecule has 0 unspecified atom stereocenters. The third kappa shape index (κ3) is 3.91. The predicted octanol–water partition coefficient (Wildman–Crippen LogP) is 5.33. The number of hydrogen-bond donors (Lipinski definition) is 1. The van der Waals surface area contributed by atoms with Gasteiger partial charge in [-0.05, 0) is 42.6 Å². The smallest absolute Gasteiger partial charge is 0.234 e. The van der Waals surface area contributed by atoms with Gasteiger partial charge in [-0.1, -0.05) is 36.0 Å². The molecule has 0 aliphatic rings. The highest BCUT2D eigenvalue weighted by Crippen LogP contribution is 2.31. The maximum atomic E-state index is 12.6. The highest BCUT2D eigenvalue weighted by molar-refractivity contribution is 7.99. The lowest BCUT2D eigenvalue weighted by atomic mass is 10.1. The highest BCUT2D eigenvalue weighted by atomic mass is 32.2.